The summed E-state index contributed by atoms with van der Waals surface area (Å²) >= 11 is 0.993. The van der Waals surface area contributed by atoms with Gasteiger partial charge in [-0.1, -0.05) is 17.4 Å². The maximum atomic E-state index is 12.7. The van der Waals surface area contributed by atoms with Gasteiger partial charge in [-0.15, -0.1) is 10.2 Å². The fourth-order valence-corrected chi connectivity index (χ4v) is 3.77. The molecule has 11 heteroatoms. The maximum absolute atomic E-state index is 12.7. The number of benzene rings is 1. The first-order valence-corrected chi connectivity index (χ1v) is 10.5. The number of hydrogen-bond acceptors (Lipinski definition) is 9. The monoisotopic (exact) mass is 439 g/mol. The van der Waals surface area contributed by atoms with Crippen LogP contribution in [0.5, 0.6) is 5.75 Å². The minimum Gasteiger partial charge on any atom is -0.497 e. The van der Waals surface area contributed by atoms with Gasteiger partial charge in [-0.3, -0.25) is 19.9 Å². The number of ether oxygens (including phenoxy) is 1. The summed E-state index contributed by atoms with van der Waals surface area (Å²) in [6, 6.07) is 8.62. The van der Waals surface area contributed by atoms with Crippen LogP contribution in [-0.4, -0.2) is 60.3 Å². The number of aromatic nitrogens is 3. The molecule has 1 aromatic carbocycles. The highest BCUT2D eigenvalue weighted by atomic mass is 32.1. The molecule has 0 aliphatic carbocycles. The van der Waals surface area contributed by atoms with Gasteiger partial charge in [0.15, 0.2) is 0 Å². The van der Waals surface area contributed by atoms with Gasteiger partial charge in [-0.2, -0.15) is 0 Å². The molecule has 1 aliphatic rings. The lowest BCUT2D eigenvalue weighted by Gasteiger charge is -2.30. The van der Waals surface area contributed by atoms with E-state index < -0.39 is 5.91 Å². The van der Waals surface area contributed by atoms with Crippen molar-refractivity contribution < 1.29 is 14.3 Å². The van der Waals surface area contributed by atoms with Crippen molar-refractivity contribution in [3.8, 4) is 5.75 Å². The molecule has 0 bridgehead atoms. The van der Waals surface area contributed by atoms with Gasteiger partial charge >= 0.3 is 0 Å². The number of piperazine rings is 1. The van der Waals surface area contributed by atoms with Crippen LogP contribution in [0.2, 0.25) is 0 Å². The predicted octanol–water partition coefficient (Wildman–Crippen LogP) is 1.86. The Bertz CT molecular complexity index is 1080. The maximum Gasteiger partial charge on any atom is 0.286 e. The van der Waals surface area contributed by atoms with E-state index in [4.69, 9.17) is 4.74 Å². The minimum absolute atomic E-state index is 0.135. The first-order valence-electron chi connectivity index (χ1n) is 9.64. The molecule has 31 heavy (non-hydrogen) atoms. The van der Waals surface area contributed by atoms with Crippen molar-refractivity contribution in [1.29, 1.82) is 0 Å². The van der Waals surface area contributed by atoms with E-state index in [9.17, 15) is 9.59 Å². The average molecular weight is 440 g/mol. The average Bonchev–Trinajstić information content (AvgIpc) is 3.28. The molecule has 3 N–H and O–H groups in total. The minimum atomic E-state index is -0.413. The number of amides is 2. The van der Waals surface area contributed by atoms with Gasteiger partial charge in [0.25, 0.3) is 11.8 Å². The molecule has 2 amide bonds. The Hall–Kier alpha value is -3.57. The van der Waals surface area contributed by atoms with Gasteiger partial charge in [0.2, 0.25) is 10.1 Å². The molecule has 0 spiro atoms. The number of anilines is 3. The summed E-state index contributed by atoms with van der Waals surface area (Å²) in [6.45, 7) is 3.43. The second kappa shape index (κ2) is 9.49. The van der Waals surface area contributed by atoms with E-state index in [1.54, 1.807) is 36.7 Å². The molecular formula is C20H21N7O3S. The molecule has 0 radical (unpaired) electrons. The van der Waals surface area contributed by atoms with Crippen molar-refractivity contribution in [2.75, 3.05) is 48.8 Å². The SMILES string of the molecule is COc1cccc(C(=O)Nc2nnc(C(=O)Nc3cnccc3N3CCNCC3)s2)c1. The van der Waals surface area contributed by atoms with Crippen LogP contribution in [-0.2, 0) is 0 Å². The van der Waals surface area contributed by atoms with Crippen LogP contribution in [0.15, 0.2) is 42.7 Å². The number of hydrogen-bond donors (Lipinski definition) is 3. The molecule has 0 saturated carbocycles. The molecule has 4 rings (SSSR count). The van der Waals surface area contributed by atoms with E-state index in [-0.39, 0.29) is 16.0 Å². The number of nitrogens with one attached hydrogen (secondary N) is 3. The van der Waals surface area contributed by atoms with Crippen LogP contribution in [0.1, 0.15) is 20.2 Å². The largest absolute Gasteiger partial charge is 0.497 e. The first kappa shape index (κ1) is 20.7. The Kier molecular flexibility index (Phi) is 6.34. The summed E-state index contributed by atoms with van der Waals surface area (Å²) in [5.41, 5.74) is 1.92. The normalized spacial score (nSPS) is 13.5. The third kappa shape index (κ3) is 4.95. The summed E-state index contributed by atoms with van der Waals surface area (Å²) in [6.07, 6.45) is 3.31. The zero-order valence-corrected chi connectivity index (χ0v) is 17.6. The Morgan fingerprint density at radius 2 is 1.97 bits per heavy atom. The van der Waals surface area contributed by atoms with Crippen LogP contribution in [0, 0.1) is 0 Å². The van der Waals surface area contributed by atoms with E-state index in [0.717, 1.165) is 43.2 Å². The third-order valence-electron chi connectivity index (χ3n) is 4.68. The summed E-state index contributed by atoms with van der Waals surface area (Å²) in [5, 5.41) is 17.0. The lowest BCUT2D eigenvalue weighted by molar-refractivity contribution is 0.101. The molecule has 3 aromatic rings. The quantitative estimate of drug-likeness (QED) is 0.532. The lowest BCUT2D eigenvalue weighted by atomic mass is 10.2. The summed E-state index contributed by atoms with van der Waals surface area (Å²) in [5.74, 6) is -0.208. The molecule has 0 unspecified atom stereocenters. The number of carbonyl (C=O) groups excluding carboxylic acids is 2. The molecule has 160 valence electrons. The van der Waals surface area contributed by atoms with E-state index >= 15 is 0 Å². The lowest BCUT2D eigenvalue weighted by Crippen LogP contribution is -2.43. The molecule has 10 nitrogen and oxygen atoms in total. The topological polar surface area (TPSA) is 121 Å². The van der Waals surface area contributed by atoms with Crippen LogP contribution in [0.3, 0.4) is 0 Å². The summed E-state index contributed by atoms with van der Waals surface area (Å²) in [4.78, 5) is 31.4. The second-order valence-electron chi connectivity index (χ2n) is 6.68. The van der Waals surface area contributed by atoms with Gasteiger partial charge in [-0.25, -0.2) is 0 Å². The van der Waals surface area contributed by atoms with Crippen LogP contribution >= 0.6 is 11.3 Å². The Balaban J connectivity index is 1.43. The molecular weight excluding hydrogens is 418 g/mol. The highest BCUT2D eigenvalue weighted by Crippen LogP contribution is 2.26. The number of pyridine rings is 1. The van der Waals surface area contributed by atoms with Crippen molar-refractivity contribution in [3.63, 3.8) is 0 Å². The molecule has 3 heterocycles. The predicted molar refractivity (Wildman–Crippen MR) is 118 cm³/mol. The van der Waals surface area contributed by atoms with Crippen LogP contribution in [0.25, 0.3) is 0 Å². The first-order chi connectivity index (χ1) is 15.1. The zero-order valence-electron chi connectivity index (χ0n) is 16.8. The number of carbonyl (C=O) groups is 2. The van der Waals surface area contributed by atoms with E-state index in [1.165, 1.54) is 7.11 Å². The van der Waals surface area contributed by atoms with Crippen molar-refractivity contribution in [3.05, 3.63) is 53.3 Å². The molecule has 2 aromatic heterocycles. The number of methoxy groups -OCH3 is 1. The Morgan fingerprint density at radius 3 is 2.77 bits per heavy atom. The Labute approximate surface area is 182 Å². The van der Waals surface area contributed by atoms with Crippen LogP contribution < -0.4 is 25.6 Å². The van der Waals surface area contributed by atoms with Gasteiger partial charge < -0.3 is 20.3 Å². The summed E-state index contributed by atoms with van der Waals surface area (Å²) in [7, 11) is 1.53. The molecule has 1 saturated heterocycles. The number of nitrogens with zero attached hydrogens (tertiary/aromatic N) is 4. The van der Waals surface area contributed by atoms with Gasteiger partial charge in [-0.05, 0) is 24.3 Å². The molecule has 0 atom stereocenters. The summed E-state index contributed by atoms with van der Waals surface area (Å²) < 4.78 is 5.13. The third-order valence-corrected chi connectivity index (χ3v) is 5.51. The van der Waals surface area contributed by atoms with E-state index in [2.05, 4.69) is 36.0 Å². The fourth-order valence-electron chi connectivity index (χ4n) is 3.14. The van der Waals surface area contributed by atoms with Gasteiger partial charge in [0.1, 0.15) is 5.75 Å². The van der Waals surface area contributed by atoms with E-state index in [0.29, 0.717) is 17.0 Å². The van der Waals surface area contributed by atoms with E-state index in [1.807, 2.05) is 6.07 Å². The van der Waals surface area contributed by atoms with Crippen molar-refractivity contribution in [1.82, 2.24) is 20.5 Å². The van der Waals surface area contributed by atoms with Gasteiger partial charge in [0, 0.05) is 37.9 Å². The van der Waals surface area contributed by atoms with Crippen molar-refractivity contribution >= 4 is 39.7 Å². The van der Waals surface area contributed by atoms with Crippen molar-refractivity contribution in [2.45, 2.75) is 0 Å². The highest BCUT2D eigenvalue weighted by molar-refractivity contribution is 7.17. The fraction of sp³-hybridized carbons (Fsp3) is 0.250. The second-order valence-corrected chi connectivity index (χ2v) is 7.66. The number of rotatable bonds is 6. The smallest absolute Gasteiger partial charge is 0.286 e. The highest BCUT2D eigenvalue weighted by Gasteiger charge is 2.19. The van der Waals surface area contributed by atoms with Crippen LogP contribution in [0.4, 0.5) is 16.5 Å². The Morgan fingerprint density at radius 1 is 1.13 bits per heavy atom. The standard InChI is InChI=1S/C20H21N7O3S/c1-30-14-4-2-3-13(11-14)17(28)24-20-26-25-19(31-20)18(29)23-15-12-22-6-5-16(15)27-9-7-21-8-10-27/h2-6,11-12,21H,7-10H2,1H3,(H,23,29)(H,24,26,28). The molecule has 1 aliphatic heterocycles. The zero-order chi connectivity index (χ0) is 21.6. The van der Waals surface area contributed by atoms with Crippen molar-refractivity contribution in [2.24, 2.45) is 0 Å². The van der Waals surface area contributed by atoms with Gasteiger partial charge in [0.05, 0.1) is 24.7 Å². The molecule has 1 fully saturated rings.